The van der Waals surface area contributed by atoms with Crippen molar-refractivity contribution in [2.75, 3.05) is 39.7 Å². The van der Waals surface area contributed by atoms with Gasteiger partial charge in [-0.1, -0.05) is 12.1 Å². The van der Waals surface area contributed by atoms with Gasteiger partial charge in [0.25, 0.3) is 0 Å². The zero-order chi connectivity index (χ0) is 20.5. The van der Waals surface area contributed by atoms with Crippen LogP contribution >= 0.6 is 0 Å². The topological polar surface area (TPSA) is 77.1 Å². The first-order chi connectivity index (χ1) is 13.5. The number of carbonyl (C=O) groups excluding carboxylic acids is 2. The standard InChI is InChI=1S/C21H26N2O5/c1-15(24)23(11-10-16-8-9-19(27-3)20(12-16)28-4)14-21(25)22-17-6-5-7-18(13-17)26-2/h5-9,12-13H,10-11,14H2,1-4H3,(H,22,25). The van der Waals surface area contributed by atoms with E-state index in [1.54, 1.807) is 45.6 Å². The van der Waals surface area contributed by atoms with Crippen LogP contribution in [0.4, 0.5) is 5.69 Å². The van der Waals surface area contributed by atoms with Gasteiger partial charge in [0.2, 0.25) is 11.8 Å². The molecule has 2 amide bonds. The fraction of sp³-hybridized carbons (Fsp3) is 0.333. The lowest BCUT2D eigenvalue weighted by Gasteiger charge is -2.21. The van der Waals surface area contributed by atoms with Crippen LogP contribution in [0.2, 0.25) is 0 Å². The van der Waals surface area contributed by atoms with Gasteiger partial charge in [-0.15, -0.1) is 0 Å². The Morgan fingerprint density at radius 2 is 1.71 bits per heavy atom. The Balaban J connectivity index is 1.97. The van der Waals surface area contributed by atoms with E-state index in [2.05, 4.69) is 5.32 Å². The smallest absolute Gasteiger partial charge is 0.243 e. The first-order valence-electron chi connectivity index (χ1n) is 8.87. The molecule has 7 heteroatoms. The Morgan fingerprint density at radius 3 is 2.36 bits per heavy atom. The number of carbonyl (C=O) groups is 2. The Labute approximate surface area is 165 Å². The number of anilines is 1. The summed E-state index contributed by atoms with van der Waals surface area (Å²) in [6.45, 7) is 1.84. The van der Waals surface area contributed by atoms with Gasteiger partial charge < -0.3 is 24.4 Å². The lowest BCUT2D eigenvalue weighted by Crippen LogP contribution is -2.38. The Morgan fingerprint density at radius 1 is 0.964 bits per heavy atom. The predicted molar refractivity (Wildman–Crippen MR) is 107 cm³/mol. The van der Waals surface area contributed by atoms with Gasteiger partial charge in [0.15, 0.2) is 11.5 Å². The molecule has 0 radical (unpaired) electrons. The van der Waals surface area contributed by atoms with Gasteiger partial charge in [0, 0.05) is 25.2 Å². The lowest BCUT2D eigenvalue weighted by atomic mass is 10.1. The van der Waals surface area contributed by atoms with E-state index in [0.29, 0.717) is 35.9 Å². The summed E-state index contributed by atoms with van der Waals surface area (Å²) in [6, 6.07) is 12.7. The second-order valence-electron chi connectivity index (χ2n) is 6.16. The first kappa shape index (κ1) is 21.1. The molecule has 0 bridgehead atoms. The molecule has 28 heavy (non-hydrogen) atoms. The molecular formula is C21H26N2O5. The number of hydrogen-bond acceptors (Lipinski definition) is 5. The molecule has 0 heterocycles. The Kier molecular flexibility index (Phi) is 7.68. The van der Waals surface area contributed by atoms with Gasteiger partial charge in [-0.05, 0) is 36.2 Å². The van der Waals surface area contributed by atoms with Crippen molar-refractivity contribution in [3.05, 3.63) is 48.0 Å². The molecule has 0 aliphatic heterocycles. The van der Waals surface area contributed by atoms with Crippen molar-refractivity contribution in [2.24, 2.45) is 0 Å². The average Bonchev–Trinajstić information content (AvgIpc) is 2.70. The summed E-state index contributed by atoms with van der Waals surface area (Å²) in [5.41, 5.74) is 1.60. The largest absolute Gasteiger partial charge is 0.497 e. The van der Waals surface area contributed by atoms with Crippen LogP contribution < -0.4 is 19.5 Å². The van der Waals surface area contributed by atoms with Crippen LogP contribution in [0.15, 0.2) is 42.5 Å². The second-order valence-corrected chi connectivity index (χ2v) is 6.16. The first-order valence-corrected chi connectivity index (χ1v) is 8.87. The fourth-order valence-corrected chi connectivity index (χ4v) is 2.72. The molecule has 0 atom stereocenters. The summed E-state index contributed by atoms with van der Waals surface area (Å²) in [4.78, 5) is 25.8. The molecule has 0 spiro atoms. The molecule has 150 valence electrons. The maximum atomic E-state index is 12.3. The number of ether oxygens (including phenoxy) is 3. The van der Waals surface area contributed by atoms with Crippen molar-refractivity contribution in [3.63, 3.8) is 0 Å². The molecule has 0 aromatic heterocycles. The van der Waals surface area contributed by atoms with Crippen molar-refractivity contribution >= 4 is 17.5 Å². The highest BCUT2D eigenvalue weighted by Crippen LogP contribution is 2.27. The SMILES string of the molecule is COc1cccc(NC(=O)CN(CCc2ccc(OC)c(OC)c2)C(C)=O)c1. The van der Waals surface area contributed by atoms with Crippen LogP contribution in [0.5, 0.6) is 17.2 Å². The summed E-state index contributed by atoms with van der Waals surface area (Å²) < 4.78 is 15.7. The zero-order valence-electron chi connectivity index (χ0n) is 16.7. The summed E-state index contributed by atoms with van der Waals surface area (Å²) in [5, 5.41) is 2.78. The highest BCUT2D eigenvalue weighted by atomic mass is 16.5. The third kappa shape index (κ3) is 5.90. The molecule has 0 fully saturated rings. The molecule has 0 aliphatic rings. The maximum Gasteiger partial charge on any atom is 0.243 e. The molecule has 2 aromatic rings. The van der Waals surface area contributed by atoms with Crippen molar-refractivity contribution in [1.29, 1.82) is 0 Å². The van der Waals surface area contributed by atoms with E-state index < -0.39 is 0 Å². The highest BCUT2D eigenvalue weighted by Gasteiger charge is 2.15. The van der Waals surface area contributed by atoms with E-state index in [0.717, 1.165) is 5.56 Å². The quantitative estimate of drug-likeness (QED) is 0.717. The molecular weight excluding hydrogens is 360 g/mol. The fourth-order valence-electron chi connectivity index (χ4n) is 2.72. The average molecular weight is 386 g/mol. The number of nitrogens with one attached hydrogen (secondary N) is 1. The van der Waals surface area contributed by atoms with E-state index in [-0.39, 0.29) is 18.4 Å². The van der Waals surface area contributed by atoms with Crippen molar-refractivity contribution < 1.29 is 23.8 Å². The van der Waals surface area contributed by atoms with Gasteiger partial charge in [0.05, 0.1) is 27.9 Å². The number of nitrogens with zero attached hydrogens (tertiary/aromatic N) is 1. The summed E-state index contributed by atoms with van der Waals surface area (Å²) in [7, 11) is 4.72. The normalized spacial score (nSPS) is 10.1. The monoisotopic (exact) mass is 386 g/mol. The van der Waals surface area contributed by atoms with Crippen LogP contribution in [0, 0.1) is 0 Å². The summed E-state index contributed by atoms with van der Waals surface area (Å²) in [6.07, 6.45) is 0.590. The third-order valence-corrected chi connectivity index (χ3v) is 4.25. The molecule has 0 saturated heterocycles. The van der Waals surface area contributed by atoms with E-state index >= 15 is 0 Å². The molecule has 2 rings (SSSR count). The van der Waals surface area contributed by atoms with Gasteiger partial charge in [-0.2, -0.15) is 0 Å². The molecule has 0 saturated carbocycles. The van der Waals surface area contributed by atoms with E-state index in [4.69, 9.17) is 14.2 Å². The number of amides is 2. The summed E-state index contributed by atoms with van der Waals surface area (Å²) in [5.74, 6) is 1.49. The van der Waals surface area contributed by atoms with Crippen LogP contribution in [0.1, 0.15) is 12.5 Å². The molecule has 7 nitrogen and oxygen atoms in total. The second kappa shape index (κ2) is 10.2. The number of benzene rings is 2. The van der Waals surface area contributed by atoms with Crippen molar-refractivity contribution in [2.45, 2.75) is 13.3 Å². The van der Waals surface area contributed by atoms with Crippen LogP contribution in [-0.2, 0) is 16.0 Å². The van der Waals surface area contributed by atoms with Crippen LogP contribution in [0.3, 0.4) is 0 Å². The highest BCUT2D eigenvalue weighted by molar-refractivity contribution is 5.94. The van der Waals surface area contributed by atoms with E-state index in [1.807, 2.05) is 18.2 Å². The van der Waals surface area contributed by atoms with E-state index in [1.165, 1.54) is 11.8 Å². The number of rotatable bonds is 9. The number of hydrogen-bond donors (Lipinski definition) is 1. The van der Waals surface area contributed by atoms with Crippen LogP contribution in [0.25, 0.3) is 0 Å². The van der Waals surface area contributed by atoms with Gasteiger partial charge >= 0.3 is 0 Å². The minimum Gasteiger partial charge on any atom is -0.497 e. The molecule has 1 N–H and O–H groups in total. The Bertz CT molecular complexity index is 822. The van der Waals surface area contributed by atoms with E-state index in [9.17, 15) is 9.59 Å². The Hall–Kier alpha value is -3.22. The van der Waals surface area contributed by atoms with Crippen molar-refractivity contribution in [1.82, 2.24) is 4.90 Å². The van der Waals surface area contributed by atoms with Gasteiger partial charge in [-0.25, -0.2) is 0 Å². The van der Waals surface area contributed by atoms with Crippen LogP contribution in [-0.4, -0.2) is 51.1 Å². The summed E-state index contributed by atoms with van der Waals surface area (Å²) >= 11 is 0. The lowest BCUT2D eigenvalue weighted by molar-refractivity contribution is -0.132. The minimum atomic E-state index is -0.268. The zero-order valence-corrected chi connectivity index (χ0v) is 16.7. The van der Waals surface area contributed by atoms with Crippen molar-refractivity contribution in [3.8, 4) is 17.2 Å². The molecule has 0 aliphatic carbocycles. The minimum absolute atomic E-state index is 0.0279. The molecule has 2 aromatic carbocycles. The maximum absolute atomic E-state index is 12.3. The predicted octanol–water partition coefficient (Wildman–Crippen LogP) is 2.74. The number of methoxy groups -OCH3 is 3. The van der Waals surface area contributed by atoms with Gasteiger partial charge in [0.1, 0.15) is 5.75 Å². The molecule has 0 unspecified atom stereocenters. The van der Waals surface area contributed by atoms with Gasteiger partial charge in [-0.3, -0.25) is 9.59 Å². The third-order valence-electron chi connectivity index (χ3n) is 4.25.